The molecule has 5 N–H and O–H groups in total. The maximum Gasteiger partial charge on any atom is 0.334 e. The highest BCUT2D eigenvalue weighted by molar-refractivity contribution is 6.02. The van der Waals surface area contributed by atoms with Gasteiger partial charge in [0.05, 0.1) is 48.0 Å². The lowest BCUT2D eigenvalue weighted by molar-refractivity contribution is -0.149. The number of nitrogens with zero attached hydrogens (tertiary/aromatic N) is 2. The molecule has 1 unspecified atom stereocenters. The molecule has 1 aliphatic carbocycles. The van der Waals surface area contributed by atoms with E-state index < -0.39 is 35.2 Å². The van der Waals surface area contributed by atoms with Crippen molar-refractivity contribution in [3.8, 4) is 0 Å². The maximum atomic E-state index is 13.6. The minimum atomic E-state index is -1.19. The van der Waals surface area contributed by atoms with E-state index in [9.17, 15) is 29.4 Å². The van der Waals surface area contributed by atoms with Gasteiger partial charge in [-0.25, -0.2) is 9.78 Å². The third-order valence-electron chi connectivity index (χ3n) is 10.5. The average Bonchev–Trinajstić information content (AvgIpc) is 3.80. The quantitative estimate of drug-likeness (QED) is 0.156. The zero-order valence-corrected chi connectivity index (χ0v) is 31.3. The first-order valence-electron chi connectivity index (χ1n) is 17.3. The van der Waals surface area contributed by atoms with E-state index in [4.69, 9.17) is 24.5 Å². The van der Waals surface area contributed by atoms with Gasteiger partial charge in [-0.1, -0.05) is 24.8 Å². The predicted octanol–water partition coefficient (Wildman–Crippen LogP) is 6.24. The minimum Gasteiger partial charge on any atom is -0.481 e. The van der Waals surface area contributed by atoms with Crippen molar-refractivity contribution in [1.82, 2.24) is 19.9 Å². The summed E-state index contributed by atoms with van der Waals surface area (Å²) in [6, 6.07) is 7.46. The van der Waals surface area contributed by atoms with E-state index in [1.54, 1.807) is 18.2 Å². The summed E-state index contributed by atoms with van der Waals surface area (Å²) in [6.45, 7) is 11.7. The number of carboxylic acids is 2. The molecule has 0 fully saturated rings. The van der Waals surface area contributed by atoms with Crippen LogP contribution >= 0.6 is 0 Å². The van der Waals surface area contributed by atoms with E-state index in [0.717, 1.165) is 51.5 Å². The largest absolute Gasteiger partial charge is 0.481 e. The number of aliphatic hydroxyl groups is 1. The Balaban J connectivity index is 0.00000276. The number of rotatable bonds is 9. The van der Waals surface area contributed by atoms with Gasteiger partial charge in [0.2, 0.25) is 0 Å². The molecule has 0 saturated carbocycles. The van der Waals surface area contributed by atoms with E-state index in [2.05, 4.69) is 16.5 Å². The highest BCUT2D eigenvalue weighted by atomic mass is 16.5. The van der Waals surface area contributed by atoms with E-state index in [-0.39, 0.29) is 31.3 Å². The molecule has 0 radical (unpaired) electrons. The van der Waals surface area contributed by atoms with E-state index in [1.165, 1.54) is 14.2 Å². The fourth-order valence-corrected chi connectivity index (χ4v) is 7.59. The van der Waals surface area contributed by atoms with Crippen LogP contribution in [0.4, 0.5) is 0 Å². The molecule has 282 valence electrons. The summed E-state index contributed by atoms with van der Waals surface area (Å²) in [7, 11) is 3.52. The number of hydrogen-bond acceptors (Lipinski definition) is 9. The number of aliphatic hydroxyl groups excluding tert-OH is 1. The monoisotopic (exact) mass is 736 g/mol. The van der Waals surface area contributed by atoms with Crippen LogP contribution in [-0.4, -0.2) is 80.5 Å². The number of esters is 2. The topological polar surface area (TPSA) is 205 Å². The molecule has 0 aromatic carbocycles. The number of aliphatic carboxylic acids is 2. The second-order valence-corrected chi connectivity index (χ2v) is 13.3. The van der Waals surface area contributed by atoms with Gasteiger partial charge in [-0.2, -0.15) is 0 Å². The van der Waals surface area contributed by atoms with Crippen molar-refractivity contribution in [3.63, 3.8) is 0 Å². The number of methoxy groups -OCH3 is 2. The van der Waals surface area contributed by atoms with Gasteiger partial charge >= 0.3 is 23.9 Å². The molecule has 6 rings (SSSR count). The molecule has 0 amide bonds. The fraction of sp³-hybridized carbons (Fsp3) is 0.317. The van der Waals surface area contributed by atoms with Gasteiger partial charge in [0.1, 0.15) is 5.92 Å². The molecule has 13 nitrogen and oxygen atoms in total. The van der Waals surface area contributed by atoms with Crippen molar-refractivity contribution in [2.24, 2.45) is 5.92 Å². The van der Waals surface area contributed by atoms with Crippen LogP contribution in [0.25, 0.3) is 44.9 Å². The molecule has 2 aliphatic heterocycles. The number of carboxylic acid groups (broad SMARTS) is 2. The van der Waals surface area contributed by atoms with Crippen LogP contribution in [-0.2, 0) is 40.5 Å². The highest BCUT2D eigenvalue weighted by Gasteiger charge is 2.53. The lowest BCUT2D eigenvalue weighted by Crippen LogP contribution is -2.42. The van der Waals surface area contributed by atoms with Gasteiger partial charge in [0.25, 0.3) is 0 Å². The second-order valence-electron chi connectivity index (χ2n) is 13.3. The molecule has 8 bridgehead atoms. The number of hydrogen-bond donors (Lipinski definition) is 5. The number of nitrogens with one attached hydrogen (secondary N) is 2. The number of allylic oxidation sites excluding steroid dienone is 5. The van der Waals surface area contributed by atoms with Crippen LogP contribution in [0.2, 0.25) is 0 Å². The Bertz CT molecular complexity index is 2360. The molecule has 3 aliphatic rings. The Kier molecular flexibility index (Phi) is 11.2. The standard InChI is InChI=1S/C40H40N4O8.CH4O/c1-8-22-19(2)28-16-33-26-12-9-25(38(49)51-6)37(39(50)52-7)40(26,5)34(44-33)18-29-21(4)24(11-14-36(47)48)32(43-29)17-31-23(10-13-35(45)46)20(3)27(42-31)15-30(22)41-28;1-2/h8-9,12,15-18,37,41,43H,1,10-11,13-14H2,2-7H3,(H,45,46)(H,47,48);2H,1H3/t37?,40-;/m1./s1. The zero-order valence-electron chi connectivity index (χ0n) is 31.3. The zero-order chi connectivity index (χ0) is 39.6. The Morgan fingerprint density at radius 1 is 0.815 bits per heavy atom. The summed E-state index contributed by atoms with van der Waals surface area (Å²) in [5.74, 6) is -4.31. The van der Waals surface area contributed by atoms with Crippen molar-refractivity contribution in [3.05, 3.63) is 93.6 Å². The van der Waals surface area contributed by atoms with Crippen molar-refractivity contribution < 1.29 is 44.0 Å². The minimum absolute atomic E-state index is 0.101. The number of carbonyl (C=O) groups is 4. The first-order chi connectivity index (χ1) is 25.7. The number of H-pyrrole nitrogens is 2. The summed E-state index contributed by atoms with van der Waals surface area (Å²) in [4.78, 5) is 67.3. The van der Waals surface area contributed by atoms with Crippen LogP contribution in [0.3, 0.4) is 0 Å². The van der Waals surface area contributed by atoms with Crippen LogP contribution in [0.5, 0.6) is 0 Å². The summed E-state index contributed by atoms with van der Waals surface area (Å²) in [5, 5.41) is 26.2. The first-order valence-corrected chi connectivity index (χ1v) is 17.3. The predicted molar refractivity (Wildman–Crippen MR) is 205 cm³/mol. The van der Waals surface area contributed by atoms with E-state index >= 15 is 0 Å². The van der Waals surface area contributed by atoms with Crippen LogP contribution in [0.15, 0.2) is 48.6 Å². The normalized spacial score (nSPS) is 17.4. The number of ether oxygens (including phenoxy) is 2. The fourth-order valence-electron chi connectivity index (χ4n) is 7.59. The van der Waals surface area contributed by atoms with Crippen molar-refractivity contribution in [1.29, 1.82) is 0 Å². The Morgan fingerprint density at radius 2 is 1.43 bits per heavy atom. The summed E-state index contributed by atoms with van der Waals surface area (Å²) >= 11 is 0. The SMILES string of the molecule is C=Cc1c(C)c2cc3nc(cc4[nH]c(cc5nc(cc1[nH]2)C(C)=C5CCC(=O)O)c(CCC(=O)O)c4C)[C@@]1(C)C3=CC=C(C(=O)OC)C1C(=O)OC.CO. The Labute approximate surface area is 311 Å². The van der Waals surface area contributed by atoms with Gasteiger partial charge in [-0.05, 0) is 98.2 Å². The van der Waals surface area contributed by atoms with Crippen LogP contribution in [0.1, 0.15) is 78.1 Å². The van der Waals surface area contributed by atoms with Crippen LogP contribution in [0, 0.1) is 19.8 Å². The molecule has 3 aromatic rings. The number of aryl methyl sites for hydroxylation is 3. The van der Waals surface area contributed by atoms with Gasteiger partial charge in [-0.3, -0.25) is 19.4 Å². The van der Waals surface area contributed by atoms with Gasteiger partial charge in [0.15, 0.2) is 0 Å². The molecule has 3 aromatic heterocycles. The number of aromatic nitrogens is 4. The van der Waals surface area contributed by atoms with Crippen molar-refractivity contribution >= 4 is 68.7 Å². The summed E-state index contributed by atoms with van der Waals surface area (Å²) in [6.07, 6.45) is 5.32. The van der Waals surface area contributed by atoms with Crippen LogP contribution < -0.4 is 0 Å². The van der Waals surface area contributed by atoms with Crippen molar-refractivity contribution in [2.75, 3.05) is 21.3 Å². The third-order valence-corrected chi connectivity index (χ3v) is 10.5. The summed E-state index contributed by atoms with van der Waals surface area (Å²) in [5.41, 5.74) is 9.40. The van der Waals surface area contributed by atoms with Gasteiger partial charge < -0.3 is 34.8 Å². The molecule has 0 spiro atoms. The second kappa shape index (κ2) is 15.5. The molecule has 0 saturated heterocycles. The highest BCUT2D eigenvalue weighted by Crippen LogP contribution is 2.52. The first kappa shape index (κ1) is 39.1. The number of carbonyl (C=O) groups excluding carboxylic acids is 2. The lowest BCUT2D eigenvalue weighted by atomic mass is 9.64. The molecular formula is C41H44N4O9. The lowest BCUT2D eigenvalue weighted by Gasteiger charge is -2.36. The number of fused-ring (bicyclic) bond motifs is 11. The molecular weight excluding hydrogens is 692 g/mol. The van der Waals surface area contributed by atoms with E-state index in [0.29, 0.717) is 39.4 Å². The Hall–Kier alpha value is -6.08. The maximum absolute atomic E-state index is 13.6. The Morgan fingerprint density at radius 3 is 2.06 bits per heavy atom. The average molecular weight is 737 g/mol. The summed E-state index contributed by atoms with van der Waals surface area (Å²) < 4.78 is 10.4. The molecule has 13 heteroatoms. The molecule has 5 heterocycles. The van der Waals surface area contributed by atoms with Gasteiger partial charge in [-0.15, -0.1) is 0 Å². The van der Waals surface area contributed by atoms with Crippen molar-refractivity contribution in [2.45, 2.75) is 58.8 Å². The smallest absolute Gasteiger partial charge is 0.334 e. The molecule has 54 heavy (non-hydrogen) atoms. The van der Waals surface area contributed by atoms with Gasteiger partial charge in [0, 0.05) is 47.6 Å². The number of aromatic amines is 2. The van der Waals surface area contributed by atoms with E-state index in [1.807, 2.05) is 52.0 Å². The molecule has 2 atom stereocenters. The third kappa shape index (κ3) is 6.78.